The minimum Gasteiger partial charge on any atom is -0.478 e. The molecular weight excluding hydrogens is 434 g/mol. The second-order valence-corrected chi connectivity index (χ2v) is 8.43. The van der Waals surface area contributed by atoms with Gasteiger partial charge in [0.2, 0.25) is 0 Å². The van der Waals surface area contributed by atoms with Gasteiger partial charge >= 0.3 is 11.9 Å². The Balaban J connectivity index is 1.62. The van der Waals surface area contributed by atoms with E-state index in [-0.39, 0.29) is 17.1 Å². The molecule has 0 heterocycles. The lowest BCUT2D eigenvalue weighted by Crippen LogP contribution is -2.41. The zero-order valence-electron chi connectivity index (χ0n) is 18.5. The fourth-order valence-corrected chi connectivity index (χ4v) is 4.60. The fraction of sp³-hybridized carbons (Fsp3) is 0.222. The van der Waals surface area contributed by atoms with Crippen LogP contribution in [-0.4, -0.2) is 28.2 Å². The van der Waals surface area contributed by atoms with Gasteiger partial charge in [0.15, 0.2) is 0 Å². The molecule has 1 aliphatic carbocycles. The highest BCUT2D eigenvalue weighted by Gasteiger charge is 2.43. The predicted molar refractivity (Wildman–Crippen MR) is 125 cm³/mol. The van der Waals surface area contributed by atoms with Gasteiger partial charge in [-0.15, -0.1) is 0 Å². The Hall–Kier alpha value is -3.97. The monoisotopic (exact) mass is 459 g/mol. The summed E-state index contributed by atoms with van der Waals surface area (Å²) in [4.78, 5) is 36.6. The van der Waals surface area contributed by atoms with Crippen LogP contribution in [0.5, 0.6) is 5.75 Å². The highest BCUT2D eigenvalue weighted by Crippen LogP contribution is 2.41. The lowest BCUT2D eigenvalue weighted by molar-refractivity contribution is -0.142. The van der Waals surface area contributed by atoms with Crippen molar-refractivity contribution in [2.24, 2.45) is 0 Å². The van der Waals surface area contributed by atoms with Crippen molar-refractivity contribution in [3.8, 4) is 16.9 Å². The Bertz CT molecular complexity index is 1190. The molecule has 0 atom stereocenters. The van der Waals surface area contributed by atoms with Crippen molar-refractivity contribution >= 4 is 17.8 Å². The van der Waals surface area contributed by atoms with Gasteiger partial charge in [0, 0.05) is 5.56 Å². The zero-order chi connectivity index (χ0) is 24.1. The van der Waals surface area contributed by atoms with Gasteiger partial charge in [-0.1, -0.05) is 61.7 Å². The summed E-state index contributed by atoms with van der Waals surface area (Å²) < 4.78 is 5.73. The van der Waals surface area contributed by atoms with Crippen molar-refractivity contribution in [3.63, 3.8) is 0 Å². The fourth-order valence-electron chi connectivity index (χ4n) is 4.60. The summed E-state index contributed by atoms with van der Waals surface area (Å²) in [5.41, 5.74) is 3.45. The van der Waals surface area contributed by atoms with Crippen molar-refractivity contribution in [1.82, 2.24) is 5.48 Å². The molecule has 3 aromatic rings. The first-order valence-corrected chi connectivity index (χ1v) is 11.1. The largest absolute Gasteiger partial charge is 0.478 e. The number of carboxylic acid groups (broad SMARTS) is 1. The number of benzene rings is 3. The number of aromatic carboxylic acids is 1. The molecule has 0 unspecified atom stereocenters. The van der Waals surface area contributed by atoms with Crippen LogP contribution in [0.15, 0.2) is 72.8 Å². The first kappa shape index (κ1) is 23.2. The van der Waals surface area contributed by atoms with Crippen LogP contribution >= 0.6 is 0 Å². The van der Waals surface area contributed by atoms with Gasteiger partial charge in [-0.05, 0) is 59.9 Å². The molecule has 0 spiro atoms. The molecule has 0 saturated heterocycles. The maximum atomic E-state index is 13.4. The lowest BCUT2D eigenvalue weighted by atomic mass is 9.69. The number of hydroxylamine groups is 1. The number of carboxylic acids is 1. The van der Waals surface area contributed by atoms with E-state index in [9.17, 15) is 19.5 Å². The summed E-state index contributed by atoms with van der Waals surface area (Å²) in [5, 5.41) is 18.3. The molecule has 4 rings (SSSR count). The molecule has 3 aromatic carbocycles. The maximum absolute atomic E-state index is 13.4. The number of amides is 1. The second-order valence-electron chi connectivity index (χ2n) is 8.43. The summed E-state index contributed by atoms with van der Waals surface area (Å²) in [5.74, 6) is -1.68. The smallest absolute Gasteiger partial charge is 0.336 e. The van der Waals surface area contributed by atoms with Crippen LogP contribution in [0.1, 0.15) is 58.4 Å². The summed E-state index contributed by atoms with van der Waals surface area (Å²) in [6.07, 6.45) is 4.15. The third-order valence-electron chi connectivity index (χ3n) is 6.43. The first-order chi connectivity index (χ1) is 16.4. The summed E-state index contributed by atoms with van der Waals surface area (Å²) >= 11 is 0. The van der Waals surface area contributed by atoms with Gasteiger partial charge in [-0.25, -0.2) is 10.3 Å². The van der Waals surface area contributed by atoms with Crippen LogP contribution in [0.3, 0.4) is 0 Å². The van der Waals surface area contributed by atoms with Gasteiger partial charge in [0.25, 0.3) is 5.91 Å². The molecule has 1 amide bonds. The average molecular weight is 459 g/mol. The van der Waals surface area contributed by atoms with Crippen LogP contribution < -0.4 is 10.2 Å². The van der Waals surface area contributed by atoms with Crippen molar-refractivity contribution < 1.29 is 29.4 Å². The van der Waals surface area contributed by atoms with Crippen molar-refractivity contribution in [3.05, 3.63) is 89.5 Å². The normalized spacial score (nSPS) is 14.7. The van der Waals surface area contributed by atoms with E-state index in [0.717, 1.165) is 30.4 Å². The van der Waals surface area contributed by atoms with E-state index in [0.29, 0.717) is 24.2 Å². The van der Waals surface area contributed by atoms with E-state index in [2.05, 4.69) is 0 Å². The molecule has 0 aliphatic heterocycles. The standard InChI is InChI=1S/C27H25NO6/c29-24(28-33)19-10-14-21(15-11-19)34-26(32)27(16-4-1-5-17-27)20-12-8-18(9-13-20)22-6-2-3-7-23(22)25(30)31/h2-3,6-15,33H,1,4-5,16-17H2,(H,28,29)(H,30,31). The summed E-state index contributed by atoms with van der Waals surface area (Å²) in [6, 6.07) is 20.3. The molecule has 7 nitrogen and oxygen atoms in total. The van der Waals surface area contributed by atoms with Crippen LogP contribution in [0.4, 0.5) is 0 Å². The summed E-state index contributed by atoms with van der Waals surface area (Å²) in [7, 11) is 0. The minimum absolute atomic E-state index is 0.223. The van der Waals surface area contributed by atoms with Gasteiger partial charge in [0.05, 0.1) is 11.0 Å². The molecule has 3 N–H and O–H groups in total. The van der Waals surface area contributed by atoms with Crippen molar-refractivity contribution in [1.29, 1.82) is 0 Å². The molecule has 7 heteroatoms. The molecule has 174 valence electrons. The maximum Gasteiger partial charge on any atom is 0.336 e. The van der Waals surface area contributed by atoms with E-state index in [1.807, 2.05) is 24.3 Å². The van der Waals surface area contributed by atoms with Gasteiger partial charge in [-0.3, -0.25) is 14.8 Å². The number of ether oxygens (including phenoxy) is 1. The molecule has 0 bridgehead atoms. The highest BCUT2D eigenvalue weighted by atomic mass is 16.5. The molecule has 1 fully saturated rings. The molecule has 0 radical (unpaired) electrons. The van der Waals surface area contributed by atoms with Crippen LogP contribution in [0.2, 0.25) is 0 Å². The Kier molecular flexibility index (Phi) is 6.75. The number of carbonyl (C=O) groups is 3. The van der Waals surface area contributed by atoms with E-state index < -0.39 is 17.3 Å². The van der Waals surface area contributed by atoms with E-state index in [4.69, 9.17) is 9.94 Å². The molecule has 1 saturated carbocycles. The Morgan fingerprint density at radius 1 is 0.824 bits per heavy atom. The lowest BCUT2D eigenvalue weighted by Gasteiger charge is -2.35. The second kappa shape index (κ2) is 9.89. The average Bonchev–Trinajstić information content (AvgIpc) is 2.89. The number of hydrogen-bond acceptors (Lipinski definition) is 5. The van der Waals surface area contributed by atoms with E-state index >= 15 is 0 Å². The molecular formula is C27H25NO6. The third-order valence-corrected chi connectivity index (χ3v) is 6.43. The minimum atomic E-state index is -0.991. The van der Waals surface area contributed by atoms with E-state index in [1.165, 1.54) is 24.3 Å². The first-order valence-electron chi connectivity index (χ1n) is 11.1. The van der Waals surface area contributed by atoms with Crippen molar-refractivity contribution in [2.45, 2.75) is 37.5 Å². The Labute approximate surface area is 197 Å². The molecule has 34 heavy (non-hydrogen) atoms. The van der Waals surface area contributed by atoms with E-state index in [1.54, 1.807) is 29.7 Å². The predicted octanol–water partition coefficient (Wildman–Crippen LogP) is 4.98. The quantitative estimate of drug-likeness (QED) is 0.207. The highest BCUT2D eigenvalue weighted by molar-refractivity contribution is 5.96. The molecule has 1 aliphatic rings. The number of rotatable bonds is 6. The topological polar surface area (TPSA) is 113 Å². The number of carbonyl (C=O) groups excluding carboxylic acids is 2. The Morgan fingerprint density at radius 2 is 1.47 bits per heavy atom. The van der Waals surface area contributed by atoms with Crippen LogP contribution in [-0.2, 0) is 10.2 Å². The Morgan fingerprint density at radius 3 is 2.09 bits per heavy atom. The van der Waals surface area contributed by atoms with Gasteiger partial charge in [0.1, 0.15) is 5.75 Å². The molecule has 0 aromatic heterocycles. The number of esters is 1. The van der Waals surface area contributed by atoms with Gasteiger partial charge in [-0.2, -0.15) is 0 Å². The number of nitrogens with one attached hydrogen (secondary N) is 1. The third kappa shape index (κ3) is 4.56. The zero-order valence-corrected chi connectivity index (χ0v) is 18.5. The number of hydrogen-bond donors (Lipinski definition) is 3. The SMILES string of the molecule is O=C(NO)c1ccc(OC(=O)C2(c3ccc(-c4ccccc4C(=O)O)cc3)CCCCC2)cc1. The van der Waals surface area contributed by atoms with Crippen molar-refractivity contribution in [2.75, 3.05) is 0 Å². The van der Waals surface area contributed by atoms with Crippen LogP contribution in [0.25, 0.3) is 11.1 Å². The summed E-state index contributed by atoms with van der Waals surface area (Å²) in [6.45, 7) is 0. The van der Waals surface area contributed by atoms with Crippen LogP contribution in [0, 0.1) is 0 Å². The van der Waals surface area contributed by atoms with Gasteiger partial charge < -0.3 is 9.84 Å².